The Bertz CT molecular complexity index is 285. The quantitative estimate of drug-likeness (QED) is 0.745. The molecule has 0 radical (unpaired) electrons. The summed E-state index contributed by atoms with van der Waals surface area (Å²) in [4.78, 5) is 0. The van der Waals surface area contributed by atoms with E-state index < -0.39 is 0 Å². The Balaban J connectivity index is 2.14. The first kappa shape index (κ1) is 8.09. The Morgan fingerprint density at radius 1 is 1.50 bits per heavy atom. The van der Waals surface area contributed by atoms with Gasteiger partial charge in [0.25, 0.3) is 0 Å². The van der Waals surface area contributed by atoms with Crippen molar-refractivity contribution in [3.63, 3.8) is 0 Å². The summed E-state index contributed by atoms with van der Waals surface area (Å²) < 4.78 is 0. The molecule has 0 heterocycles. The molecule has 2 atom stereocenters. The number of rotatable bonds is 2. The van der Waals surface area contributed by atoms with Crippen molar-refractivity contribution < 1.29 is 0 Å². The molecule has 0 aromatic heterocycles. The summed E-state index contributed by atoms with van der Waals surface area (Å²) in [6.45, 7) is 0.803. The second-order valence-electron chi connectivity index (χ2n) is 3.39. The minimum atomic E-state index is 0.675. The van der Waals surface area contributed by atoms with Gasteiger partial charge >= 0.3 is 0 Å². The normalized spacial score (nSPS) is 27.2. The van der Waals surface area contributed by atoms with Crippen molar-refractivity contribution in [2.24, 2.45) is 11.7 Å². The van der Waals surface area contributed by atoms with Crippen LogP contribution < -0.4 is 5.73 Å². The summed E-state index contributed by atoms with van der Waals surface area (Å²) in [6, 6.07) is 8.09. The standard InChI is InChI=1S/C10H12ClN/c11-9-3-1-2-7(4-9)10-5-8(10)6-12/h1-4,8,10H,5-6,12H2/t8-,10-/m1/s1. The molecule has 2 N–H and O–H groups in total. The van der Waals surface area contributed by atoms with E-state index in [4.69, 9.17) is 17.3 Å². The highest BCUT2D eigenvalue weighted by Crippen LogP contribution is 2.46. The van der Waals surface area contributed by atoms with Crippen molar-refractivity contribution in [2.75, 3.05) is 6.54 Å². The maximum atomic E-state index is 5.88. The van der Waals surface area contributed by atoms with Crippen LogP contribution in [-0.4, -0.2) is 6.54 Å². The molecule has 0 aliphatic heterocycles. The summed E-state index contributed by atoms with van der Waals surface area (Å²) in [5, 5.41) is 0.829. The molecule has 1 aromatic rings. The van der Waals surface area contributed by atoms with Gasteiger partial charge in [-0.05, 0) is 42.5 Å². The first-order valence-corrected chi connectivity index (χ1v) is 4.64. The summed E-state index contributed by atoms with van der Waals surface area (Å²) >= 11 is 5.88. The largest absolute Gasteiger partial charge is 0.330 e. The minimum Gasteiger partial charge on any atom is -0.330 e. The predicted molar refractivity (Wildman–Crippen MR) is 51.4 cm³/mol. The van der Waals surface area contributed by atoms with Gasteiger partial charge in [-0.1, -0.05) is 23.7 Å². The fraction of sp³-hybridized carbons (Fsp3) is 0.400. The van der Waals surface area contributed by atoms with Gasteiger partial charge in [0, 0.05) is 5.02 Å². The Morgan fingerprint density at radius 2 is 2.33 bits per heavy atom. The summed E-state index contributed by atoms with van der Waals surface area (Å²) in [7, 11) is 0. The highest BCUT2D eigenvalue weighted by Gasteiger charge is 2.36. The number of benzene rings is 1. The molecule has 2 rings (SSSR count). The third kappa shape index (κ3) is 1.47. The van der Waals surface area contributed by atoms with Crippen LogP contribution in [0.5, 0.6) is 0 Å². The van der Waals surface area contributed by atoms with Gasteiger partial charge in [0.2, 0.25) is 0 Å². The molecular weight excluding hydrogens is 170 g/mol. The van der Waals surface area contributed by atoms with E-state index >= 15 is 0 Å². The molecular formula is C10H12ClN. The maximum absolute atomic E-state index is 5.88. The predicted octanol–water partition coefficient (Wildman–Crippen LogP) is 2.40. The van der Waals surface area contributed by atoms with Crippen LogP contribution in [0.25, 0.3) is 0 Å². The van der Waals surface area contributed by atoms with Crippen molar-refractivity contribution in [3.05, 3.63) is 34.9 Å². The topological polar surface area (TPSA) is 26.0 Å². The fourth-order valence-electron chi connectivity index (χ4n) is 1.65. The zero-order chi connectivity index (χ0) is 8.55. The Hall–Kier alpha value is -0.530. The Kier molecular flexibility index (Phi) is 2.07. The maximum Gasteiger partial charge on any atom is 0.0408 e. The van der Waals surface area contributed by atoms with Gasteiger partial charge in [0.05, 0.1) is 0 Å². The van der Waals surface area contributed by atoms with E-state index in [1.807, 2.05) is 18.2 Å². The van der Waals surface area contributed by atoms with Crippen LogP contribution in [0.15, 0.2) is 24.3 Å². The lowest BCUT2D eigenvalue weighted by Crippen LogP contribution is -2.01. The average Bonchev–Trinajstić information content (AvgIpc) is 2.83. The molecule has 0 spiro atoms. The molecule has 2 heteroatoms. The lowest BCUT2D eigenvalue weighted by molar-refractivity contribution is 0.810. The number of hydrogen-bond acceptors (Lipinski definition) is 1. The molecule has 1 aliphatic carbocycles. The summed E-state index contributed by atoms with van der Waals surface area (Å²) in [6.07, 6.45) is 1.23. The monoisotopic (exact) mass is 181 g/mol. The smallest absolute Gasteiger partial charge is 0.0408 e. The highest BCUT2D eigenvalue weighted by atomic mass is 35.5. The molecule has 0 amide bonds. The van der Waals surface area contributed by atoms with Crippen LogP contribution in [0.4, 0.5) is 0 Å². The highest BCUT2D eigenvalue weighted by molar-refractivity contribution is 6.30. The molecule has 1 nitrogen and oxygen atoms in total. The first-order chi connectivity index (χ1) is 5.81. The summed E-state index contributed by atoms with van der Waals surface area (Å²) in [5.74, 6) is 1.37. The molecule has 12 heavy (non-hydrogen) atoms. The lowest BCUT2D eigenvalue weighted by atomic mass is 10.1. The van der Waals surface area contributed by atoms with Crippen LogP contribution in [-0.2, 0) is 0 Å². The van der Waals surface area contributed by atoms with Crippen molar-refractivity contribution in [1.82, 2.24) is 0 Å². The van der Waals surface area contributed by atoms with Crippen LogP contribution in [0.3, 0.4) is 0 Å². The molecule has 0 saturated heterocycles. The SMILES string of the molecule is NC[C@H]1C[C@@H]1c1cccc(Cl)c1. The van der Waals surface area contributed by atoms with Gasteiger partial charge in [-0.15, -0.1) is 0 Å². The van der Waals surface area contributed by atoms with Crippen molar-refractivity contribution >= 4 is 11.6 Å². The van der Waals surface area contributed by atoms with E-state index in [0.29, 0.717) is 11.8 Å². The van der Waals surface area contributed by atoms with E-state index in [1.54, 1.807) is 0 Å². The van der Waals surface area contributed by atoms with E-state index in [-0.39, 0.29) is 0 Å². The van der Waals surface area contributed by atoms with E-state index in [9.17, 15) is 0 Å². The van der Waals surface area contributed by atoms with Gasteiger partial charge in [0.1, 0.15) is 0 Å². The molecule has 0 unspecified atom stereocenters. The van der Waals surface area contributed by atoms with E-state index in [0.717, 1.165) is 11.6 Å². The molecule has 1 aliphatic rings. The van der Waals surface area contributed by atoms with Crippen molar-refractivity contribution in [2.45, 2.75) is 12.3 Å². The van der Waals surface area contributed by atoms with Crippen LogP contribution in [0, 0.1) is 5.92 Å². The molecule has 1 saturated carbocycles. The lowest BCUT2D eigenvalue weighted by Gasteiger charge is -1.98. The van der Waals surface area contributed by atoms with Crippen molar-refractivity contribution in [1.29, 1.82) is 0 Å². The third-order valence-corrected chi connectivity index (χ3v) is 2.74. The van der Waals surface area contributed by atoms with Gasteiger partial charge in [-0.3, -0.25) is 0 Å². The van der Waals surface area contributed by atoms with Crippen LogP contribution in [0.2, 0.25) is 5.02 Å². The van der Waals surface area contributed by atoms with Crippen LogP contribution in [0.1, 0.15) is 17.9 Å². The molecule has 1 aromatic carbocycles. The first-order valence-electron chi connectivity index (χ1n) is 4.27. The minimum absolute atomic E-state index is 0.675. The molecule has 0 bridgehead atoms. The average molecular weight is 182 g/mol. The number of nitrogens with two attached hydrogens (primary N) is 1. The second-order valence-corrected chi connectivity index (χ2v) is 3.83. The Labute approximate surface area is 77.5 Å². The number of halogens is 1. The zero-order valence-corrected chi connectivity index (χ0v) is 7.59. The van der Waals surface area contributed by atoms with E-state index in [2.05, 4.69) is 6.07 Å². The van der Waals surface area contributed by atoms with E-state index in [1.165, 1.54) is 12.0 Å². The molecule has 1 fully saturated rings. The third-order valence-electron chi connectivity index (χ3n) is 2.50. The zero-order valence-electron chi connectivity index (χ0n) is 6.83. The van der Waals surface area contributed by atoms with Gasteiger partial charge in [0.15, 0.2) is 0 Å². The van der Waals surface area contributed by atoms with Gasteiger partial charge < -0.3 is 5.73 Å². The van der Waals surface area contributed by atoms with Crippen LogP contribution >= 0.6 is 11.6 Å². The summed E-state index contributed by atoms with van der Waals surface area (Å²) in [5.41, 5.74) is 6.91. The van der Waals surface area contributed by atoms with Gasteiger partial charge in [-0.25, -0.2) is 0 Å². The Morgan fingerprint density at radius 3 is 2.92 bits per heavy atom. The van der Waals surface area contributed by atoms with Gasteiger partial charge in [-0.2, -0.15) is 0 Å². The van der Waals surface area contributed by atoms with Crippen molar-refractivity contribution in [3.8, 4) is 0 Å². The number of hydrogen-bond donors (Lipinski definition) is 1. The molecule has 64 valence electrons. The fourth-order valence-corrected chi connectivity index (χ4v) is 1.85. The second kappa shape index (κ2) is 3.08.